The zero-order valence-electron chi connectivity index (χ0n) is 19.6. The molecule has 0 fully saturated rings. The molecule has 10 heteroatoms. The predicted molar refractivity (Wildman–Crippen MR) is 133 cm³/mol. The van der Waals surface area contributed by atoms with Gasteiger partial charge in [-0.15, -0.1) is 0 Å². The van der Waals surface area contributed by atoms with Gasteiger partial charge in [0.05, 0.1) is 32.5 Å². The zero-order chi connectivity index (χ0) is 25.6. The maximum atomic E-state index is 13.3. The minimum atomic E-state index is -4.13. The number of phosphoric ester groups is 1. The lowest BCUT2D eigenvalue weighted by atomic mass is 10.2. The van der Waals surface area contributed by atoms with Crippen LogP contribution in [0.1, 0.15) is 16.7 Å². The van der Waals surface area contributed by atoms with Crippen molar-refractivity contribution in [1.82, 2.24) is 5.32 Å². The third-order valence-corrected chi connectivity index (χ3v) is 6.40. The molecule has 192 valence electrons. The lowest BCUT2D eigenvalue weighted by molar-refractivity contribution is 0.0224. The fraction of sp³-hybridized carbons (Fsp3) is 0.269. The second-order valence-corrected chi connectivity index (χ2v) is 9.49. The van der Waals surface area contributed by atoms with Crippen molar-refractivity contribution in [3.63, 3.8) is 0 Å². The molecule has 3 rings (SSSR count). The van der Waals surface area contributed by atoms with Gasteiger partial charge in [0.2, 0.25) is 0 Å². The summed E-state index contributed by atoms with van der Waals surface area (Å²) in [4.78, 5) is 12.1. The van der Waals surface area contributed by atoms with Crippen LogP contribution in [-0.2, 0) is 42.7 Å². The van der Waals surface area contributed by atoms with Crippen molar-refractivity contribution >= 4 is 13.9 Å². The first-order valence-electron chi connectivity index (χ1n) is 11.3. The van der Waals surface area contributed by atoms with Gasteiger partial charge in [0.1, 0.15) is 12.7 Å². The van der Waals surface area contributed by atoms with E-state index in [-0.39, 0.29) is 19.8 Å². The normalized spacial score (nSPS) is 13.1. The molecule has 0 unspecified atom stereocenters. The molecule has 3 aromatic carbocycles. The van der Waals surface area contributed by atoms with Crippen molar-refractivity contribution < 1.29 is 37.9 Å². The van der Waals surface area contributed by atoms with Crippen molar-refractivity contribution in [3.05, 3.63) is 108 Å². The summed E-state index contributed by atoms with van der Waals surface area (Å²) >= 11 is 0. The lowest BCUT2D eigenvalue weighted by Gasteiger charge is -2.24. The van der Waals surface area contributed by atoms with E-state index < -0.39 is 39.3 Å². The summed E-state index contributed by atoms with van der Waals surface area (Å²) in [6, 6.07) is 26.0. The van der Waals surface area contributed by atoms with Crippen molar-refractivity contribution in [2.75, 3.05) is 13.2 Å². The van der Waals surface area contributed by atoms with Gasteiger partial charge in [0.15, 0.2) is 0 Å². The highest BCUT2D eigenvalue weighted by Gasteiger charge is 2.31. The van der Waals surface area contributed by atoms with Gasteiger partial charge in [-0.05, 0) is 16.7 Å². The monoisotopic (exact) mass is 515 g/mol. The molecule has 9 nitrogen and oxygen atoms in total. The number of alkyl carbamates (subject to hydrolysis) is 1. The number of phosphoric acid groups is 1. The number of amides is 1. The average molecular weight is 515 g/mol. The summed E-state index contributed by atoms with van der Waals surface area (Å²) in [6.45, 7) is -1.21. The van der Waals surface area contributed by atoms with Crippen LogP contribution < -0.4 is 5.32 Å². The Balaban J connectivity index is 1.55. The Morgan fingerprint density at radius 2 is 1.19 bits per heavy atom. The molecule has 0 spiro atoms. The summed E-state index contributed by atoms with van der Waals surface area (Å²) < 4.78 is 34.8. The molecule has 0 saturated carbocycles. The van der Waals surface area contributed by atoms with Gasteiger partial charge < -0.3 is 20.3 Å². The Kier molecular flexibility index (Phi) is 11.1. The number of rotatable bonds is 14. The topological polar surface area (TPSA) is 124 Å². The van der Waals surface area contributed by atoms with Crippen LogP contribution in [0.2, 0.25) is 0 Å². The average Bonchev–Trinajstić information content (AvgIpc) is 2.93. The summed E-state index contributed by atoms with van der Waals surface area (Å²) in [6.07, 6.45) is -2.26. The van der Waals surface area contributed by atoms with E-state index in [4.69, 9.17) is 18.3 Å². The van der Waals surface area contributed by atoms with E-state index in [2.05, 4.69) is 5.32 Å². The maximum Gasteiger partial charge on any atom is 0.475 e. The largest absolute Gasteiger partial charge is 0.475 e. The number of ether oxygens (including phenoxy) is 1. The molecular weight excluding hydrogens is 485 g/mol. The standard InChI is InChI=1S/C26H30NO8P/c28-16-24(27-26(30)32-17-21-10-4-1-5-11-21)25(29)20-35-36(31,33-18-22-12-6-2-7-13-22)34-19-23-14-8-3-9-15-23/h1-15,24-25,28-29H,16-20H2,(H,27,30)/t24-,25-/m1/s1. The highest BCUT2D eigenvalue weighted by Crippen LogP contribution is 2.51. The van der Waals surface area contributed by atoms with Gasteiger partial charge in [0, 0.05) is 0 Å². The highest BCUT2D eigenvalue weighted by molar-refractivity contribution is 7.48. The Hall–Kier alpha value is -3.04. The smallest absolute Gasteiger partial charge is 0.445 e. The molecule has 3 aromatic rings. The van der Waals surface area contributed by atoms with Gasteiger partial charge in [-0.3, -0.25) is 13.6 Å². The van der Waals surface area contributed by atoms with E-state index >= 15 is 0 Å². The summed E-state index contributed by atoms with van der Waals surface area (Å²) in [7, 11) is -4.13. The third kappa shape index (κ3) is 9.54. The van der Waals surface area contributed by atoms with E-state index in [9.17, 15) is 19.6 Å². The molecule has 0 radical (unpaired) electrons. The Bertz CT molecular complexity index is 1040. The van der Waals surface area contributed by atoms with Crippen LogP contribution in [0.5, 0.6) is 0 Å². The number of aliphatic hydroxyl groups excluding tert-OH is 2. The second kappa shape index (κ2) is 14.5. The van der Waals surface area contributed by atoms with Gasteiger partial charge in [-0.2, -0.15) is 0 Å². The van der Waals surface area contributed by atoms with E-state index in [0.717, 1.165) is 16.7 Å². The molecule has 0 aromatic heterocycles. The van der Waals surface area contributed by atoms with Crippen LogP contribution >= 0.6 is 7.82 Å². The Labute approximate surface area is 210 Å². The highest BCUT2D eigenvalue weighted by atomic mass is 31.2. The van der Waals surface area contributed by atoms with Gasteiger partial charge >= 0.3 is 13.9 Å². The van der Waals surface area contributed by atoms with Crippen molar-refractivity contribution in [3.8, 4) is 0 Å². The Morgan fingerprint density at radius 1 is 0.750 bits per heavy atom. The van der Waals surface area contributed by atoms with E-state index in [0.29, 0.717) is 0 Å². The first kappa shape index (κ1) is 27.5. The first-order chi connectivity index (χ1) is 17.5. The molecule has 2 atom stereocenters. The molecule has 0 aliphatic carbocycles. The number of nitrogens with one attached hydrogen (secondary N) is 1. The summed E-state index contributed by atoms with van der Waals surface area (Å²) in [5.74, 6) is 0. The number of benzene rings is 3. The molecule has 0 bridgehead atoms. The first-order valence-corrected chi connectivity index (χ1v) is 12.8. The number of hydrogen-bond acceptors (Lipinski definition) is 8. The number of aliphatic hydroxyl groups is 2. The molecule has 36 heavy (non-hydrogen) atoms. The van der Waals surface area contributed by atoms with E-state index in [1.165, 1.54) is 0 Å². The molecular formula is C26H30NO8P. The summed E-state index contributed by atoms with van der Waals surface area (Å²) in [5, 5.41) is 22.5. The fourth-order valence-electron chi connectivity index (χ4n) is 3.03. The van der Waals surface area contributed by atoms with E-state index in [1.54, 1.807) is 36.4 Å². The van der Waals surface area contributed by atoms with Crippen molar-refractivity contribution in [1.29, 1.82) is 0 Å². The minimum Gasteiger partial charge on any atom is -0.445 e. The lowest BCUT2D eigenvalue weighted by Crippen LogP contribution is -2.47. The number of carbonyl (C=O) groups excluding carboxylic acids is 1. The van der Waals surface area contributed by atoms with Gasteiger partial charge in [-0.1, -0.05) is 91.0 Å². The zero-order valence-corrected chi connectivity index (χ0v) is 20.5. The van der Waals surface area contributed by atoms with Crippen LogP contribution in [-0.4, -0.2) is 41.7 Å². The van der Waals surface area contributed by atoms with Crippen molar-refractivity contribution in [2.45, 2.75) is 32.0 Å². The predicted octanol–water partition coefficient (Wildman–Crippen LogP) is 4.19. The molecule has 0 saturated heterocycles. The SMILES string of the molecule is O=C(N[C@H](CO)[C@H](O)COP(=O)(OCc1ccccc1)OCc1ccccc1)OCc1ccccc1. The molecule has 0 heterocycles. The second-order valence-electron chi connectivity index (χ2n) is 7.82. The third-order valence-electron chi connectivity index (χ3n) is 5.04. The number of hydrogen-bond donors (Lipinski definition) is 3. The maximum absolute atomic E-state index is 13.3. The van der Waals surface area contributed by atoms with Gasteiger partial charge in [-0.25, -0.2) is 9.36 Å². The van der Waals surface area contributed by atoms with Gasteiger partial charge in [0.25, 0.3) is 0 Å². The molecule has 0 aliphatic rings. The van der Waals surface area contributed by atoms with Crippen LogP contribution in [0.3, 0.4) is 0 Å². The van der Waals surface area contributed by atoms with Crippen LogP contribution in [0.15, 0.2) is 91.0 Å². The van der Waals surface area contributed by atoms with E-state index in [1.807, 2.05) is 54.6 Å². The van der Waals surface area contributed by atoms with Crippen LogP contribution in [0, 0.1) is 0 Å². The minimum absolute atomic E-state index is 0.0211. The molecule has 0 aliphatic heterocycles. The van der Waals surface area contributed by atoms with Crippen LogP contribution in [0.25, 0.3) is 0 Å². The van der Waals surface area contributed by atoms with Crippen LogP contribution in [0.4, 0.5) is 4.79 Å². The molecule has 1 amide bonds. The number of carbonyl (C=O) groups is 1. The van der Waals surface area contributed by atoms with Crippen molar-refractivity contribution in [2.24, 2.45) is 0 Å². The summed E-state index contributed by atoms with van der Waals surface area (Å²) in [5.41, 5.74) is 2.28. The quantitative estimate of drug-likeness (QED) is 0.273. The fourth-order valence-corrected chi connectivity index (χ4v) is 4.20. The molecule has 3 N–H and O–H groups in total. The Morgan fingerprint density at radius 3 is 1.64 bits per heavy atom.